The van der Waals surface area contributed by atoms with Crippen LogP contribution in [0.4, 0.5) is 5.82 Å². The highest BCUT2D eigenvalue weighted by Gasteiger charge is 2.16. The van der Waals surface area contributed by atoms with Crippen molar-refractivity contribution >= 4 is 52.5 Å². The Labute approximate surface area is 176 Å². The number of nitrogens with two attached hydrogens (primary N) is 1. The highest BCUT2D eigenvalue weighted by molar-refractivity contribution is 5.91. The van der Waals surface area contributed by atoms with Crippen molar-refractivity contribution in [1.82, 2.24) is 9.97 Å². The van der Waals surface area contributed by atoms with E-state index in [1.54, 1.807) is 0 Å². The van der Waals surface area contributed by atoms with Gasteiger partial charge in [0.2, 0.25) is 0 Å². The Bertz CT molecular complexity index is 1020. The summed E-state index contributed by atoms with van der Waals surface area (Å²) in [7, 11) is 0. The lowest BCUT2D eigenvalue weighted by Gasteiger charge is -2.23. The average molecular weight is 419 g/mol. The Morgan fingerprint density at radius 3 is 2.50 bits per heavy atom. The number of benzene rings is 2. The molecule has 4 rings (SSSR count). The molecule has 0 aliphatic carbocycles. The Kier molecular flexibility index (Phi) is 7.63. The van der Waals surface area contributed by atoms with Crippen LogP contribution in [-0.2, 0) is 0 Å². The monoisotopic (exact) mass is 418 g/mol. The van der Waals surface area contributed by atoms with Crippen LogP contribution in [0.25, 0.3) is 33.5 Å². The Morgan fingerprint density at radius 2 is 1.75 bits per heavy atom. The first-order chi connectivity index (χ1) is 12.8. The van der Waals surface area contributed by atoms with E-state index in [0.29, 0.717) is 18.1 Å². The lowest BCUT2D eigenvalue weighted by molar-refractivity contribution is 0.625. The van der Waals surface area contributed by atoms with E-state index in [0.717, 1.165) is 47.2 Å². The topological polar surface area (TPSA) is 68.2 Å². The summed E-state index contributed by atoms with van der Waals surface area (Å²) < 4.78 is 5.99. The number of halogens is 2. The fourth-order valence-electron chi connectivity index (χ4n) is 3.20. The molecule has 2 aromatic heterocycles. The molecule has 0 saturated heterocycles. The van der Waals surface area contributed by atoms with Gasteiger partial charge in [0.15, 0.2) is 11.6 Å². The maximum Gasteiger partial charge on any atom is 0.198 e. The largest absolute Gasteiger partial charge is 0.453 e. The van der Waals surface area contributed by atoms with E-state index < -0.39 is 0 Å². The van der Waals surface area contributed by atoms with E-state index >= 15 is 0 Å². The van der Waals surface area contributed by atoms with Crippen LogP contribution in [0.5, 0.6) is 0 Å². The van der Waals surface area contributed by atoms with Crippen LogP contribution in [0, 0.1) is 0 Å². The first-order valence-corrected chi connectivity index (χ1v) is 9.01. The number of nitrogens with zero attached hydrogens (tertiary/aromatic N) is 3. The fourth-order valence-corrected chi connectivity index (χ4v) is 3.20. The third-order valence-corrected chi connectivity index (χ3v) is 4.54. The number of rotatable bonds is 6. The van der Waals surface area contributed by atoms with Gasteiger partial charge in [0, 0.05) is 23.9 Å². The summed E-state index contributed by atoms with van der Waals surface area (Å²) in [5, 5.41) is 2.10. The predicted molar refractivity (Wildman–Crippen MR) is 121 cm³/mol. The van der Waals surface area contributed by atoms with E-state index in [-0.39, 0.29) is 24.8 Å². The van der Waals surface area contributed by atoms with Gasteiger partial charge >= 0.3 is 0 Å². The van der Waals surface area contributed by atoms with E-state index in [1.165, 1.54) is 0 Å². The molecule has 2 heterocycles. The van der Waals surface area contributed by atoms with Crippen LogP contribution in [0.2, 0.25) is 0 Å². The molecule has 0 fully saturated rings. The molecule has 4 aromatic rings. The zero-order valence-electron chi connectivity index (χ0n) is 15.7. The van der Waals surface area contributed by atoms with Crippen molar-refractivity contribution in [3.05, 3.63) is 54.6 Å². The number of furan rings is 1. The third-order valence-electron chi connectivity index (χ3n) is 4.54. The molecular weight excluding hydrogens is 395 g/mol. The number of anilines is 1. The number of fused-ring (bicyclic) bond motifs is 2. The molecule has 5 nitrogen and oxygen atoms in total. The van der Waals surface area contributed by atoms with Crippen LogP contribution in [0.1, 0.15) is 13.3 Å². The summed E-state index contributed by atoms with van der Waals surface area (Å²) >= 11 is 0. The van der Waals surface area contributed by atoms with Crippen molar-refractivity contribution in [1.29, 1.82) is 0 Å². The summed E-state index contributed by atoms with van der Waals surface area (Å²) in [5.74, 6) is 2.23. The maximum atomic E-state index is 5.99. The second-order valence-electron chi connectivity index (χ2n) is 6.26. The maximum absolute atomic E-state index is 5.99. The molecule has 28 heavy (non-hydrogen) atoms. The summed E-state index contributed by atoms with van der Waals surface area (Å²) in [5.41, 5.74) is 7.47. The number of para-hydroxylation sites is 2. The average Bonchev–Trinajstić information content (AvgIpc) is 3.12. The molecule has 0 unspecified atom stereocenters. The lowest BCUT2D eigenvalue weighted by atomic mass is 10.2. The van der Waals surface area contributed by atoms with E-state index in [4.69, 9.17) is 20.1 Å². The third kappa shape index (κ3) is 4.22. The molecule has 148 valence electrons. The summed E-state index contributed by atoms with van der Waals surface area (Å²) in [4.78, 5) is 11.9. The van der Waals surface area contributed by atoms with Gasteiger partial charge in [-0.25, -0.2) is 9.97 Å². The molecule has 0 radical (unpaired) electrons. The zero-order valence-corrected chi connectivity index (χ0v) is 17.3. The fraction of sp³-hybridized carbons (Fsp3) is 0.238. The standard InChI is InChI=1S/C21H22N4O.2ClH/c1-2-25(13-7-12-22)21-16-9-4-5-10-17(16)23-20(24-21)19-14-15-8-3-6-11-18(15)26-19;;/h3-6,8-11,14H,2,7,12-13,22H2,1H3;2*1H. The van der Waals surface area contributed by atoms with Gasteiger partial charge in [0.25, 0.3) is 0 Å². The molecular formula is C21H24Cl2N4O. The molecule has 2 aromatic carbocycles. The molecule has 0 aliphatic heterocycles. The molecule has 7 heteroatoms. The summed E-state index contributed by atoms with van der Waals surface area (Å²) in [6.07, 6.45) is 0.923. The smallest absolute Gasteiger partial charge is 0.198 e. The van der Waals surface area contributed by atoms with E-state index in [2.05, 4.69) is 17.9 Å². The van der Waals surface area contributed by atoms with Crippen molar-refractivity contribution < 1.29 is 4.42 Å². The molecule has 0 saturated carbocycles. The highest BCUT2D eigenvalue weighted by Crippen LogP contribution is 2.30. The normalized spacial score (nSPS) is 10.5. The Morgan fingerprint density at radius 1 is 1.00 bits per heavy atom. The first-order valence-electron chi connectivity index (χ1n) is 9.01. The minimum Gasteiger partial charge on any atom is -0.453 e. The first kappa shape index (κ1) is 22.0. The van der Waals surface area contributed by atoms with Crippen LogP contribution >= 0.6 is 24.8 Å². The summed E-state index contributed by atoms with van der Waals surface area (Å²) in [6, 6.07) is 18.1. The van der Waals surface area contributed by atoms with Gasteiger partial charge in [-0.2, -0.15) is 0 Å². The van der Waals surface area contributed by atoms with Gasteiger partial charge in [0.1, 0.15) is 11.4 Å². The molecule has 0 bridgehead atoms. The molecule has 0 aliphatic rings. The van der Waals surface area contributed by atoms with E-state index in [9.17, 15) is 0 Å². The van der Waals surface area contributed by atoms with Crippen LogP contribution in [0.3, 0.4) is 0 Å². The van der Waals surface area contributed by atoms with Crippen molar-refractivity contribution in [3.8, 4) is 11.6 Å². The Balaban J connectivity index is 0.00000140. The van der Waals surface area contributed by atoms with Gasteiger partial charge in [-0.05, 0) is 44.2 Å². The lowest BCUT2D eigenvalue weighted by Crippen LogP contribution is -2.27. The van der Waals surface area contributed by atoms with Gasteiger partial charge in [-0.15, -0.1) is 24.8 Å². The van der Waals surface area contributed by atoms with Gasteiger partial charge < -0.3 is 15.1 Å². The number of hydrogen-bond donors (Lipinski definition) is 1. The van der Waals surface area contributed by atoms with Crippen molar-refractivity contribution in [2.75, 3.05) is 24.5 Å². The molecule has 0 atom stereocenters. The molecule has 0 spiro atoms. The van der Waals surface area contributed by atoms with Gasteiger partial charge in [-0.3, -0.25) is 0 Å². The highest BCUT2D eigenvalue weighted by atomic mass is 35.5. The molecule has 2 N–H and O–H groups in total. The van der Waals surface area contributed by atoms with Gasteiger partial charge in [-0.1, -0.05) is 30.3 Å². The summed E-state index contributed by atoms with van der Waals surface area (Å²) in [6.45, 7) is 4.53. The van der Waals surface area contributed by atoms with Crippen LogP contribution < -0.4 is 10.6 Å². The second-order valence-corrected chi connectivity index (χ2v) is 6.26. The second kappa shape index (κ2) is 9.73. The van der Waals surface area contributed by atoms with Gasteiger partial charge in [0.05, 0.1) is 5.52 Å². The van der Waals surface area contributed by atoms with Crippen molar-refractivity contribution in [3.63, 3.8) is 0 Å². The van der Waals surface area contributed by atoms with Crippen molar-refractivity contribution in [2.24, 2.45) is 5.73 Å². The quantitative estimate of drug-likeness (QED) is 0.473. The SMILES string of the molecule is CCN(CCCN)c1nc(-c2cc3ccccc3o2)nc2ccccc12.Cl.Cl. The predicted octanol–water partition coefficient (Wildman–Crippen LogP) is 5.06. The number of hydrogen-bond acceptors (Lipinski definition) is 5. The Hall–Kier alpha value is -2.34. The van der Waals surface area contributed by atoms with Crippen molar-refractivity contribution in [2.45, 2.75) is 13.3 Å². The minimum absolute atomic E-state index is 0. The zero-order chi connectivity index (χ0) is 17.9. The minimum atomic E-state index is 0. The molecule has 0 amide bonds. The van der Waals surface area contributed by atoms with E-state index in [1.807, 2.05) is 48.5 Å². The number of aromatic nitrogens is 2. The van der Waals surface area contributed by atoms with Crippen LogP contribution in [-0.4, -0.2) is 29.6 Å². The van der Waals surface area contributed by atoms with Crippen LogP contribution in [0.15, 0.2) is 59.0 Å².